The second-order valence-corrected chi connectivity index (χ2v) is 12.2. The van der Waals surface area contributed by atoms with Gasteiger partial charge in [0.2, 0.25) is 0 Å². The van der Waals surface area contributed by atoms with Crippen LogP contribution in [0.5, 0.6) is 5.75 Å². The molecule has 4 aromatic carbocycles. The van der Waals surface area contributed by atoms with Gasteiger partial charge in [-0.25, -0.2) is 26.3 Å². The maximum Gasteiger partial charge on any atom is 0.432 e. The summed E-state index contributed by atoms with van der Waals surface area (Å²) in [4.78, 5) is 0. The molecule has 1 saturated carbocycles. The molecule has 5 rings (SSSR count). The topological polar surface area (TPSA) is 9.23 Å². The van der Waals surface area contributed by atoms with Gasteiger partial charge in [-0.2, -0.15) is 8.78 Å². The van der Waals surface area contributed by atoms with E-state index in [-0.39, 0.29) is 22.6 Å². The van der Waals surface area contributed by atoms with Gasteiger partial charge in [0, 0.05) is 23.3 Å². The highest BCUT2D eigenvalue weighted by Crippen LogP contribution is 2.41. The van der Waals surface area contributed by atoms with E-state index < -0.39 is 62.9 Å². The fourth-order valence-electron chi connectivity index (χ4n) is 6.20. The third-order valence-electron chi connectivity index (χ3n) is 8.65. The van der Waals surface area contributed by atoms with Crippen molar-refractivity contribution >= 4 is 11.6 Å². The van der Waals surface area contributed by atoms with E-state index in [4.69, 9.17) is 11.6 Å². The first kappa shape index (κ1) is 33.8. The van der Waals surface area contributed by atoms with Crippen molar-refractivity contribution in [3.8, 4) is 28.0 Å². The summed E-state index contributed by atoms with van der Waals surface area (Å²) < 4.78 is 121. The number of unbranched alkanes of at least 4 members (excludes halogenated alkanes) is 2. The first-order chi connectivity index (χ1) is 21.9. The largest absolute Gasteiger partial charge is 0.432 e. The SMILES string of the molecule is CCCCCC1CCC(c2ccc(-c3ccc(-c4cc(F)c(C(F)(F)Oc5cc(F)c(Cl)c(F)c5)c(F)c4)c(F)c3)c(F)c2)CC1. The van der Waals surface area contributed by atoms with Gasteiger partial charge in [0.05, 0.1) is 0 Å². The van der Waals surface area contributed by atoms with E-state index in [1.165, 1.54) is 43.9 Å². The minimum Gasteiger partial charge on any atom is -0.429 e. The minimum absolute atomic E-state index is 0.141. The van der Waals surface area contributed by atoms with Crippen molar-refractivity contribution in [3.63, 3.8) is 0 Å². The molecule has 0 radical (unpaired) electrons. The molecule has 0 heterocycles. The second-order valence-electron chi connectivity index (χ2n) is 11.8. The lowest BCUT2D eigenvalue weighted by molar-refractivity contribution is -0.189. The molecule has 46 heavy (non-hydrogen) atoms. The lowest BCUT2D eigenvalue weighted by atomic mass is 9.77. The average Bonchev–Trinajstić information content (AvgIpc) is 2.99. The Morgan fingerprint density at radius 1 is 0.674 bits per heavy atom. The van der Waals surface area contributed by atoms with E-state index in [0.717, 1.165) is 37.3 Å². The summed E-state index contributed by atoms with van der Waals surface area (Å²) in [6.45, 7) is 2.19. The van der Waals surface area contributed by atoms with E-state index in [1.54, 1.807) is 6.07 Å². The molecular weight excluding hydrogens is 636 g/mol. The molecule has 4 aromatic rings. The Hall–Kier alpha value is -3.59. The van der Waals surface area contributed by atoms with Gasteiger partial charge >= 0.3 is 6.11 Å². The number of hydrogen-bond donors (Lipinski definition) is 0. The molecule has 1 nitrogen and oxygen atoms in total. The fourth-order valence-corrected chi connectivity index (χ4v) is 6.31. The lowest BCUT2D eigenvalue weighted by Gasteiger charge is -2.29. The van der Waals surface area contributed by atoms with Gasteiger partial charge in [0.15, 0.2) is 0 Å². The standard InChI is InChI=1S/C36H31ClF8O/c1-2-3-4-5-20-6-8-21(9-7-20)22-10-12-26(28(38)14-22)23-11-13-27(29(39)15-23)24-16-30(40)34(31(41)17-24)36(44,45)46-25-18-32(42)35(37)33(43)19-25/h10-21H,2-9H2,1H3. The molecule has 1 fully saturated rings. The van der Waals surface area contributed by atoms with Crippen molar-refractivity contribution in [2.24, 2.45) is 5.92 Å². The first-order valence-electron chi connectivity index (χ1n) is 15.2. The zero-order chi connectivity index (χ0) is 33.2. The smallest absolute Gasteiger partial charge is 0.429 e. The molecule has 0 atom stereocenters. The van der Waals surface area contributed by atoms with E-state index >= 15 is 8.78 Å². The Kier molecular flexibility index (Phi) is 10.3. The van der Waals surface area contributed by atoms with Crippen molar-refractivity contribution < 1.29 is 39.9 Å². The fraction of sp³-hybridized carbons (Fsp3) is 0.333. The van der Waals surface area contributed by atoms with Crippen LogP contribution in [-0.2, 0) is 6.11 Å². The van der Waals surface area contributed by atoms with Crippen LogP contribution in [0.2, 0.25) is 5.02 Å². The first-order valence-corrected chi connectivity index (χ1v) is 15.6. The van der Waals surface area contributed by atoms with Crippen molar-refractivity contribution in [1.82, 2.24) is 0 Å². The number of hydrogen-bond acceptors (Lipinski definition) is 1. The van der Waals surface area contributed by atoms with Crippen LogP contribution in [0.25, 0.3) is 22.3 Å². The summed E-state index contributed by atoms with van der Waals surface area (Å²) in [7, 11) is 0. The van der Waals surface area contributed by atoms with Crippen molar-refractivity contribution in [2.45, 2.75) is 70.3 Å². The molecule has 0 amide bonds. The van der Waals surface area contributed by atoms with Gasteiger partial charge in [-0.05, 0) is 78.5 Å². The highest BCUT2D eigenvalue weighted by molar-refractivity contribution is 6.30. The molecule has 10 heteroatoms. The van der Waals surface area contributed by atoms with Gasteiger partial charge in [0.1, 0.15) is 51.2 Å². The molecule has 0 bridgehead atoms. The monoisotopic (exact) mass is 666 g/mol. The molecule has 1 aliphatic rings. The molecule has 0 N–H and O–H groups in total. The van der Waals surface area contributed by atoms with Crippen LogP contribution in [0.4, 0.5) is 35.1 Å². The summed E-state index contributed by atoms with van der Waals surface area (Å²) in [5, 5.41) is -0.976. The molecule has 0 aromatic heterocycles. The van der Waals surface area contributed by atoms with E-state index in [0.29, 0.717) is 30.2 Å². The van der Waals surface area contributed by atoms with Gasteiger partial charge in [-0.15, -0.1) is 0 Å². The van der Waals surface area contributed by atoms with Crippen LogP contribution < -0.4 is 4.74 Å². The molecule has 244 valence electrons. The number of ether oxygens (including phenoxy) is 1. The zero-order valence-electron chi connectivity index (χ0n) is 24.9. The summed E-state index contributed by atoms with van der Waals surface area (Å²) in [6.07, 6.45) is 4.39. The van der Waals surface area contributed by atoms with Crippen molar-refractivity contribution in [2.75, 3.05) is 0 Å². The third kappa shape index (κ3) is 7.35. The maximum atomic E-state index is 15.3. The maximum absolute atomic E-state index is 15.3. The van der Waals surface area contributed by atoms with Gasteiger partial charge in [0.25, 0.3) is 0 Å². The van der Waals surface area contributed by atoms with Gasteiger partial charge < -0.3 is 4.74 Å². The van der Waals surface area contributed by atoms with Crippen LogP contribution >= 0.6 is 11.6 Å². The quantitative estimate of drug-likeness (QED) is 0.0930. The Balaban J connectivity index is 1.32. The summed E-state index contributed by atoms with van der Waals surface area (Å²) in [5.41, 5.74) is -1.37. The Bertz CT molecular complexity index is 1670. The van der Waals surface area contributed by atoms with Crippen molar-refractivity contribution in [1.29, 1.82) is 0 Å². The predicted molar refractivity (Wildman–Crippen MR) is 162 cm³/mol. The second kappa shape index (κ2) is 14.0. The molecule has 0 unspecified atom stereocenters. The van der Waals surface area contributed by atoms with Crippen LogP contribution in [0.15, 0.2) is 60.7 Å². The lowest BCUT2D eigenvalue weighted by Crippen LogP contribution is -2.25. The molecule has 0 aliphatic heterocycles. The molecular formula is C36H31ClF8O. The van der Waals surface area contributed by atoms with Crippen LogP contribution in [-0.4, -0.2) is 0 Å². The summed E-state index contributed by atoms with van der Waals surface area (Å²) >= 11 is 5.32. The summed E-state index contributed by atoms with van der Waals surface area (Å²) in [6, 6.07) is 10.0. The molecule has 1 aliphatic carbocycles. The van der Waals surface area contributed by atoms with E-state index in [1.807, 2.05) is 6.07 Å². The Labute approximate surface area is 267 Å². The summed E-state index contributed by atoms with van der Waals surface area (Å²) in [5.74, 6) is -8.04. The number of alkyl halides is 2. The number of rotatable bonds is 10. The third-order valence-corrected chi connectivity index (χ3v) is 9.02. The Morgan fingerprint density at radius 2 is 1.24 bits per heavy atom. The van der Waals surface area contributed by atoms with Crippen LogP contribution in [0.3, 0.4) is 0 Å². The van der Waals surface area contributed by atoms with Gasteiger partial charge in [-0.1, -0.05) is 68.5 Å². The van der Waals surface area contributed by atoms with Gasteiger partial charge in [-0.3, -0.25) is 0 Å². The highest BCUT2D eigenvalue weighted by atomic mass is 35.5. The highest BCUT2D eigenvalue weighted by Gasteiger charge is 2.41. The van der Waals surface area contributed by atoms with Crippen LogP contribution in [0.1, 0.15) is 75.3 Å². The van der Waals surface area contributed by atoms with Crippen LogP contribution in [0, 0.1) is 40.8 Å². The minimum atomic E-state index is -4.71. The number of halogens is 9. The molecule has 0 saturated heterocycles. The predicted octanol–water partition coefficient (Wildman–Crippen LogP) is 12.5. The zero-order valence-corrected chi connectivity index (χ0v) is 25.7. The Morgan fingerprint density at radius 3 is 1.83 bits per heavy atom. The number of benzene rings is 4. The molecule has 0 spiro atoms. The normalized spacial score (nSPS) is 16.9. The average molecular weight is 667 g/mol. The van der Waals surface area contributed by atoms with E-state index in [2.05, 4.69) is 11.7 Å². The van der Waals surface area contributed by atoms with Crippen molar-refractivity contribution in [3.05, 3.63) is 112 Å². The van der Waals surface area contributed by atoms with E-state index in [9.17, 15) is 26.3 Å².